The van der Waals surface area contributed by atoms with Crippen LogP contribution in [-0.2, 0) is 0 Å². The van der Waals surface area contributed by atoms with Gasteiger partial charge in [-0.05, 0) is 19.4 Å². The summed E-state index contributed by atoms with van der Waals surface area (Å²) in [5, 5.41) is 0. The normalized spacial score (nSPS) is 13.0. The predicted molar refractivity (Wildman–Crippen MR) is 62.3 cm³/mol. The Morgan fingerprint density at radius 2 is 2.20 bits per heavy atom. The van der Waals surface area contributed by atoms with E-state index in [0.717, 1.165) is 17.7 Å². The maximum atomic E-state index is 5.54. The lowest BCUT2D eigenvalue weighted by Gasteiger charge is -2.13. The summed E-state index contributed by atoms with van der Waals surface area (Å²) in [5.74, 6) is 6.48. The van der Waals surface area contributed by atoms with Crippen LogP contribution in [0.1, 0.15) is 56.4 Å². The van der Waals surface area contributed by atoms with Crippen molar-refractivity contribution in [1.82, 2.24) is 5.43 Å². The zero-order valence-corrected chi connectivity index (χ0v) is 9.75. The molecule has 1 aromatic heterocycles. The van der Waals surface area contributed by atoms with E-state index in [1.165, 1.54) is 25.7 Å². The molecule has 0 aliphatic rings. The molecule has 0 saturated heterocycles. The molecule has 15 heavy (non-hydrogen) atoms. The number of aryl methyl sites for hydroxylation is 1. The van der Waals surface area contributed by atoms with Crippen LogP contribution < -0.4 is 11.3 Å². The van der Waals surface area contributed by atoms with E-state index in [9.17, 15) is 0 Å². The molecule has 3 N–H and O–H groups in total. The average molecular weight is 210 g/mol. The quantitative estimate of drug-likeness (QED) is 0.413. The van der Waals surface area contributed by atoms with Crippen molar-refractivity contribution in [2.75, 3.05) is 0 Å². The molecule has 1 heterocycles. The maximum Gasteiger partial charge on any atom is 0.101 e. The van der Waals surface area contributed by atoms with Crippen LogP contribution in [0.5, 0.6) is 0 Å². The van der Waals surface area contributed by atoms with Crippen LogP contribution in [0.2, 0.25) is 0 Å². The number of hydrazine groups is 1. The monoisotopic (exact) mass is 210 g/mol. The van der Waals surface area contributed by atoms with E-state index in [1.54, 1.807) is 6.26 Å². The number of rotatable bonds is 7. The van der Waals surface area contributed by atoms with Crippen molar-refractivity contribution in [3.8, 4) is 0 Å². The molecule has 3 heteroatoms. The fourth-order valence-electron chi connectivity index (χ4n) is 1.77. The number of unbranched alkanes of at least 4 members (excludes halogenated alkanes) is 3. The summed E-state index contributed by atoms with van der Waals surface area (Å²) in [6, 6.07) is 2.28. The molecule has 1 aromatic rings. The summed E-state index contributed by atoms with van der Waals surface area (Å²) < 4.78 is 5.28. The van der Waals surface area contributed by atoms with Crippen molar-refractivity contribution in [2.24, 2.45) is 5.84 Å². The van der Waals surface area contributed by atoms with E-state index in [2.05, 4.69) is 12.3 Å². The second-order valence-electron chi connectivity index (χ2n) is 4.06. The van der Waals surface area contributed by atoms with Gasteiger partial charge in [-0.3, -0.25) is 11.3 Å². The SMILES string of the molecule is CCCCCCC(NN)c1coc(C)c1. The minimum Gasteiger partial charge on any atom is -0.469 e. The Morgan fingerprint density at radius 3 is 2.73 bits per heavy atom. The Balaban J connectivity index is 2.35. The minimum atomic E-state index is 0.235. The predicted octanol–water partition coefficient (Wildman–Crippen LogP) is 3.06. The van der Waals surface area contributed by atoms with E-state index < -0.39 is 0 Å². The first-order valence-electron chi connectivity index (χ1n) is 5.79. The van der Waals surface area contributed by atoms with Crippen molar-refractivity contribution in [2.45, 2.75) is 52.0 Å². The fourth-order valence-corrected chi connectivity index (χ4v) is 1.77. The topological polar surface area (TPSA) is 51.2 Å². The van der Waals surface area contributed by atoms with Crippen LogP contribution in [0.3, 0.4) is 0 Å². The fraction of sp³-hybridized carbons (Fsp3) is 0.667. The van der Waals surface area contributed by atoms with Gasteiger partial charge in [0, 0.05) is 11.6 Å². The van der Waals surface area contributed by atoms with Crippen LogP contribution in [0.4, 0.5) is 0 Å². The van der Waals surface area contributed by atoms with Crippen LogP contribution >= 0.6 is 0 Å². The lowest BCUT2D eigenvalue weighted by atomic mass is 10.0. The molecule has 0 aliphatic heterocycles. The highest BCUT2D eigenvalue weighted by molar-refractivity contribution is 5.15. The number of furan rings is 1. The van der Waals surface area contributed by atoms with Gasteiger partial charge in [0.15, 0.2) is 0 Å². The van der Waals surface area contributed by atoms with E-state index in [1.807, 2.05) is 13.0 Å². The smallest absolute Gasteiger partial charge is 0.101 e. The van der Waals surface area contributed by atoms with Gasteiger partial charge in [-0.2, -0.15) is 0 Å². The van der Waals surface area contributed by atoms with Crippen molar-refractivity contribution >= 4 is 0 Å². The second-order valence-corrected chi connectivity index (χ2v) is 4.06. The van der Waals surface area contributed by atoms with Gasteiger partial charge < -0.3 is 4.42 Å². The zero-order valence-electron chi connectivity index (χ0n) is 9.75. The van der Waals surface area contributed by atoms with Crippen LogP contribution in [0.25, 0.3) is 0 Å². The first-order valence-corrected chi connectivity index (χ1v) is 5.79. The standard InChI is InChI=1S/C12H22N2O/c1-3-4-5-6-7-12(14-13)11-8-10(2)15-9-11/h8-9,12,14H,3-7,13H2,1-2H3. The van der Waals surface area contributed by atoms with Gasteiger partial charge in [-0.25, -0.2) is 0 Å². The summed E-state index contributed by atoms with van der Waals surface area (Å²) in [5.41, 5.74) is 4.01. The highest BCUT2D eigenvalue weighted by Gasteiger charge is 2.11. The Labute approximate surface area is 92.0 Å². The highest BCUT2D eigenvalue weighted by Crippen LogP contribution is 2.21. The van der Waals surface area contributed by atoms with Gasteiger partial charge >= 0.3 is 0 Å². The molecule has 0 bridgehead atoms. The van der Waals surface area contributed by atoms with Gasteiger partial charge in [-0.15, -0.1) is 0 Å². The second kappa shape index (κ2) is 6.64. The van der Waals surface area contributed by atoms with Gasteiger partial charge in [-0.1, -0.05) is 32.6 Å². The number of hydrogen-bond acceptors (Lipinski definition) is 3. The van der Waals surface area contributed by atoms with Gasteiger partial charge in [0.2, 0.25) is 0 Å². The lowest BCUT2D eigenvalue weighted by Crippen LogP contribution is -2.27. The van der Waals surface area contributed by atoms with Crippen molar-refractivity contribution in [3.63, 3.8) is 0 Å². The lowest BCUT2D eigenvalue weighted by molar-refractivity contribution is 0.471. The largest absolute Gasteiger partial charge is 0.469 e. The molecule has 1 rings (SSSR count). The first-order chi connectivity index (χ1) is 7.27. The van der Waals surface area contributed by atoms with Gasteiger partial charge in [0.25, 0.3) is 0 Å². The molecule has 3 nitrogen and oxygen atoms in total. The van der Waals surface area contributed by atoms with Crippen molar-refractivity contribution in [1.29, 1.82) is 0 Å². The molecule has 0 aromatic carbocycles. The first kappa shape index (κ1) is 12.3. The Hall–Kier alpha value is -0.800. The highest BCUT2D eigenvalue weighted by atomic mass is 16.3. The Bertz CT molecular complexity index is 270. The molecule has 1 atom stereocenters. The molecule has 0 radical (unpaired) electrons. The summed E-state index contributed by atoms with van der Waals surface area (Å²) in [4.78, 5) is 0. The summed E-state index contributed by atoms with van der Waals surface area (Å²) >= 11 is 0. The third-order valence-electron chi connectivity index (χ3n) is 2.70. The Kier molecular flexibility index (Phi) is 5.43. The molecule has 1 unspecified atom stereocenters. The van der Waals surface area contributed by atoms with Gasteiger partial charge in [0.1, 0.15) is 5.76 Å². The van der Waals surface area contributed by atoms with Crippen LogP contribution in [-0.4, -0.2) is 0 Å². The Morgan fingerprint density at radius 1 is 1.40 bits per heavy atom. The van der Waals surface area contributed by atoms with Gasteiger partial charge in [0.05, 0.1) is 6.26 Å². The number of nitrogens with two attached hydrogens (primary N) is 1. The molecule has 0 spiro atoms. The molecular weight excluding hydrogens is 188 g/mol. The number of hydrogen-bond donors (Lipinski definition) is 2. The summed E-state index contributed by atoms with van der Waals surface area (Å²) in [7, 11) is 0. The van der Waals surface area contributed by atoms with E-state index >= 15 is 0 Å². The molecule has 0 amide bonds. The molecule has 0 fully saturated rings. The number of nitrogens with one attached hydrogen (secondary N) is 1. The van der Waals surface area contributed by atoms with E-state index in [4.69, 9.17) is 10.3 Å². The molecule has 86 valence electrons. The third-order valence-corrected chi connectivity index (χ3v) is 2.70. The summed E-state index contributed by atoms with van der Waals surface area (Å²) in [6.07, 6.45) is 7.95. The molecular formula is C12H22N2O. The molecule has 0 saturated carbocycles. The summed E-state index contributed by atoms with van der Waals surface area (Å²) in [6.45, 7) is 4.17. The zero-order chi connectivity index (χ0) is 11.1. The average Bonchev–Trinajstić information content (AvgIpc) is 2.65. The maximum absolute atomic E-state index is 5.54. The van der Waals surface area contributed by atoms with Crippen molar-refractivity contribution in [3.05, 3.63) is 23.7 Å². The van der Waals surface area contributed by atoms with Crippen LogP contribution in [0.15, 0.2) is 16.7 Å². The molecule has 0 aliphatic carbocycles. The van der Waals surface area contributed by atoms with E-state index in [0.29, 0.717) is 0 Å². The third kappa shape index (κ3) is 4.06. The van der Waals surface area contributed by atoms with Crippen LogP contribution in [0, 0.1) is 6.92 Å². The van der Waals surface area contributed by atoms with Crippen molar-refractivity contribution < 1.29 is 4.42 Å². The van der Waals surface area contributed by atoms with E-state index in [-0.39, 0.29) is 6.04 Å². The minimum absolute atomic E-state index is 0.235.